The van der Waals surface area contributed by atoms with E-state index in [-0.39, 0.29) is 5.84 Å². The number of hydrogen-bond acceptors (Lipinski definition) is 2. The molecule has 0 amide bonds. The number of amidine groups is 1. The van der Waals surface area contributed by atoms with Crippen molar-refractivity contribution < 1.29 is 13.2 Å². The van der Waals surface area contributed by atoms with Gasteiger partial charge in [0.15, 0.2) is 0 Å². The summed E-state index contributed by atoms with van der Waals surface area (Å²) in [5.41, 5.74) is 8.32. The maximum atomic E-state index is 11.6. The molecule has 4 N–H and O–H groups in total. The standard InChI is InChI=1S/C5H8F3N3/c1-11-4(10)2-3(9)5(6,7)8/h2H,9H2,1H3,(H2,10,11)/b3-2-. The van der Waals surface area contributed by atoms with Crippen molar-refractivity contribution in [3.63, 3.8) is 0 Å². The van der Waals surface area contributed by atoms with Crippen molar-refractivity contribution in [2.75, 3.05) is 7.05 Å². The van der Waals surface area contributed by atoms with Crippen LogP contribution < -0.4 is 11.5 Å². The molecule has 0 bridgehead atoms. The van der Waals surface area contributed by atoms with Gasteiger partial charge in [-0.15, -0.1) is 0 Å². The number of hydrogen-bond donors (Lipinski definition) is 2. The molecule has 0 aliphatic heterocycles. The number of aliphatic imine (C=N–C) groups is 1. The molecule has 0 heterocycles. The van der Waals surface area contributed by atoms with Gasteiger partial charge in [-0.1, -0.05) is 0 Å². The van der Waals surface area contributed by atoms with Gasteiger partial charge in [0.05, 0.1) is 0 Å². The van der Waals surface area contributed by atoms with Gasteiger partial charge >= 0.3 is 6.18 Å². The van der Waals surface area contributed by atoms with E-state index < -0.39 is 11.9 Å². The highest BCUT2D eigenvalue weighted by Crippen LogP contribution is 2.20. The normalized spacial score (nSPS) is 15.3. The third-order valence-corrected chi connectivity index (χ3v) is 0.889. The average Bonchev–Trinajstić information content (AvgIpc) is 1.85. The first kappa shape index (κ1) is 9.80. The first-order valence-corrected chi connectivity index (χ1v) is 2.64. The summed E-state index contributed by atoms with van der Waals surface area (Å²) in [4.78, 5) is 3.28. The zero-order valence-corrected chi connectivity index (χ0v) is 5.81. The maximum Gasteiger partial charge on any atom is 0.430 e. The molecule has 0 saturated heterocycles. The molecule has 0 aromatic rings. The Hall–Kier alpha value is -1.20. The fourth-order valence-corrected chi connectivity index (χ4v) is 0.306. The van der Waals surface area contributed by atoms with Crippen molar-refractivity contribution in [3.8, 4) is 0 Å². The van der Waals surface area contributed by atoms with Gasteiger partial charge in [0, 0.05) is 13.1 Å². The van der Waals surface area contributed by atoms with Crippen LogP contribution in [0.2, 0.25) is 0 Å². The number of allylic oxidation sites excluding steroid dienone is 1. The fraction of sp³-hybridized carbons (Fsp3) is 0.400. The molecule has 0 fully saturated rings. The number of nitrogens with zero attached hydrogens (tertiary/aromatic N) is 1. The Bertz CT molecular complexity index is 192. The van der Waals surface area contributed by atoms with Crippen LogP contribution in [0, 0.1) is 0 Å². The molecule has 0 radical (unpaired) electrons. The lowest BCUT2D eigenvalue weighted by molar-refractivity contribution is -0.0925. The molecule has 0 aliphatic rings. The highest BCUT2D eigenvalue weighted by Gasteiger charge is 2.31. The molecule has 0 rings (SSSR count). The van der Waals surface area contributed by atoms with E-state index >= 15 is 0 Å². The Morgan fingerprint density at radius 1 is 1.36 bits per heavy atom. The highest BCUT2D eigenvalue weighted by atomic mass is 19.4. The molecular formula is C5H8F3N3. The van der Waals surface area contributed by atoms with Crippen molar-refractivity contribution in [1.29, 1.82) is 0 Å². The fourth-order valence-electron chi connectivity index (χ4n) is 0.306. The maximum absolute atomic E-state index is 11.6. The second kappa shape index (κ2) is 3.27. The topological polar surface area (TPSA) is 64.4 Å². The van der Waals surface area contributed by atoms with Crippen LogP contribution in [0.25, 0.3) is 0 Å². The SMILES string of the molecule is C/N=C(N)\C=C(/N)C(F)(F)F. The van der Waals surface area contributed by atoms with Gasteiger partial charge in [0.2, 0.25) is 0 Å². The van der Waals surface area contributed by atoms with E-state index in [1.54, 1.807) is 0 Å². The van der Waals surface area contributed by atoms with Gasteiger partial charge in [-0.05, 0) is 0 Å². The van der Waals surface area contributed by atoms with E-state index in [0.29, 0.717) is 6.08 Å². The predicted molar refractivity (Wildman–Crippen MR) is 35.9 cm³/mol. The Labute approximate surface area is 61.6 Å². The Morgan fingerprint density at radius 3 is 2.09 bits per heavy atom. The lowest BCUT2D eigenvalue weighted by Crippen LogP contribution is -2.22. The molecule has 0 unspecified atom stereocenters. The molecule has 64 valence electrons. The van der Waals surface area contributed by atoms with Gasteiger partial charge in [0.1, 0.15) is 11.5 Å². The first-order valence-electron chi connectivity index (χ1n) is 2.64. The van der Waals surface area contributed by atoms with Crippen molar-refractivity contribution in [1.82, 2.24) is 0 Å². The summed E-state index contributed by atoms with van der Waals surface area (Å²) in [7, 11) is 1.27. The quantitative estimate of drug-likeness (QED) is 0.438. The summed E-state index contributed by atoms with van der Waals surface area (Å²) in [6.45, 7) is 0. The Morgan fingerprint density at radius 2 is 1.82 bits per heavy atom. The van der Waals surface area contributed by atoms with E-state index in [1.165, 1.54) is 7.05 Å². The zero-order chi connectivity index (χ0) is 9.07. The molecule has 0 saturated carbocycles. The van der Waals surface area contributed by atoms with Gasteiger partial charge in [-0.2, -0.15) is 13.2 Å². The van der Waals surface area contributed by atoms with Gasteiger partial charge in [-0.3, -0.25) is 4.99 Å². The minimum atomic E-state index is -4.53. The van der Waals surface area contributed by atoms with Crippen molar-refractivity contribution in [2.24, 2.45) is 16.5 Å². The molecule has 11 heavy (non-hydrogen) atoms. The second-order valence-electron chi connectivity index (χ2n) is 1.75. The van der Waals surface area contributed by atoms with E-state index in [1.807, 2.05) is 0 Å². The van der Waals surface area contributed by atoms with Gasteiger partial charge in [-0.25, -0.2) is 0 Å². The van der Waals surface area contributed by atoms with E-state index in [2.05, 4.69) is 10.7 Å². The zero-order valence-electron chi connectivity index (χ0n) is 5.81. The van der Waals surface area contributed by atoms with E-state index in [9.17, 15) is 13.2 Å². The largest absolute Gasteiger partial charge is 0.430 e. The van der Waals surface area contributed by atoms with E-state index in [4.69, 9.17) is 5.73 Å². The van der Waals surface area contributed by atoms with Crippen LogP contribution in [0.1, 0.15) is 0 Å². The smallest absolute Gasteiger partial charge is 0.395 e. The van der Waals surface area contributed by atoms with Crippen molar-refractivity contribution in [2.45, 2.75) is 6.18 Å². The van der Waals surface area contributed by atoms with Crippen LogP contribution in [-0.4, -0.2) is 19.1 Å². The summed E-state index contributed by atoms with van der Waals surface area (Å²) >= 11 is 0. The van der Waals surface area contributed by atoms with Crippen LogP contribution in [-0.2, 0) is 0 Å². The Balaban J connectivity index is 4.48. The summed E-state index contributed by atoms with van der Waals surface area (Å²) < 4.78 is 34.9. The summed E-state index contributed by atoms with van der Waals surface area (Å²) in [6.07, 6.45) is -3.96. The minimum Gasteiger partial charge on any atom is -0.395 e. The van der Waals surface area contributed by atoms with Crippen LogP contribution in [0.15, 0.2) is 16.8 Å². The van der Waals surface area contributed by atoms with Crippen LogP contribution in [0.3, 0.4) is 0 Å². The molecule has 0 aromatic carbocycles. The molecule has 6 heteroatoms. The summed E-state index contributed by atoms with van der Waals surface area (Å²) in [5.74, 6) is -0.250. The monoisotopic (exact) mass is 167 g/mol. The number of rotatable bonds is 1. The van der Waals surface area contributed by atoms with Crippen LogP contribution >= 0.6 is 0 Å². The first-order chi connectivity index (χ1) is 4.88. The van der Waals surface area contributed by atoms with Crippen LogP contribution in [0.4, 0.5) is 13.2 Å². The highest BCUT2D eigenvalue weighted by molar-refractivity contribution is 5.91. The predicted octanol–water partition coefficient (Wildman–Crippen LogP) is 0.378. The summed E-state index contributed by atoms with van der Waals surface area (Å²) in [6, 6.07) is 0. The number of halogens is 3. The molecule has 0 spiro atoms. The molecule has 0 aromatic heterocycles. The van der Waals surface area contributed by atoms with Gasteiger partial charge < -0.3 is 11.5 Å². The summed E-state index contributed by atoms with van der Waals surface area (Å²) in [5, 5.41) is 0. The molecular weight excluding hydrogens is 159 g/mol. The van der Waals surface area contributed by atoms with Crippen molar-refractivity contribution in [3.05, 3.63) is 11.8 Å². The minimum absolute atomic E-state index is 0.250. The second-order valence-corrected chi connectivity index (χ2v) is 1.75. The number of nitrogens with two attached hydrogens (primary N) is 2. The lowest BCUT2D eigenvalue weighted by atomic mass is 10.4. The van der Waals surface area contributed by atoms with Crippen LogP contribution in [0.5, 0.6) is 0 Å². The van der Waals surface area contributed by atoms with Crippen molar-refractivity contribution >= 4 is 5.84 Å². The third kappa shape index (κ3) is 3.49. The molecule has 0 aliphatic carbocycles. The van der Waals surface area contributed by atoms with E-state index in [0.717, 1.165) is 0 Å². The number of alkyl halides is 3. The Kier molecular flexibility index (Phi) is 2.91. The van der Waals surface area contributed by atoms with Gasteiger partial charge in [0.25, 0.3) is 0 Å². The lowest BCUT2D eigenvalue weighted by Gasteiger charge is -2.04. The molecule has 0 atom stereocenters. The molecule has 3 nitrogen and oxygen atoms in total. The average molecular weight is 167 g/mol. The third-order valence-electron chi connectivity index (χ3n) is 0.889.